The standard InChI is InChI=1S/C8H10FNO/c1-10-6-3-4-8(11-2)7(9)5-6/h3-5H,1,10H2,2H3. The van der Waals surface area contributed by atoms with Crippen LogP contribution in [-0.4, -0.2) is 7.11 Å². The predicted octanol–water partition coefficient (Wildman–Crippen LogP) is 0.821. The lowest BCUT2D eigenvalue weighted by Crippen LogP contribution is -2.69. The van der Waals surface area contributed by atoms with Gasteiger partial charge in [-0.1, -0.05) is 0 Å². The average Bonchev–Trinajstić information content (AvgIpc) is 2.04. The monoisotopic (exact) mass is 155 g/mol. The normalized spacial score (nSPS) is 9.73. The smallest absolute Gasteiger partial charge is 0.170 e. The number of hydrogen-bond acceptors (Lipinski definition) is 1. The van der Waals surface area contributed by atoms with Gasteiger partial charge >= 0.3 is 0 Å². The molecule has 0 spiro atoms. The number of halogens is 1. The van der Waals surface area contributed by atoms with E-state index in [0.717, 1.165) is 5.69 Å². The van der Waals surface area contributed by atoms with E-state index in [4.69, 9.17) is 4.74 Å². The quantitative estimate of drug-likeness (QED) is 0.496. The third-order valence-corrected chi connectivity index (χ3v) is 1.41. The Bertz CT molecular complexity index is 250. The zero-order chi connectivity index (χ0) is 8.27. The van der Waals surface area contributed by atoms with Crippen molar-refractivity contribution in [2.45, 2.75) is 0 Å². The molecule has 0 atom stereocenters. The summed E-state index contributed by atoms with van der Waals surface area (Å²) in [7, 11) is 4.96. The van der Waals surface area contributed by atoms with Crippen LogP contribution < -0.4 is 10.1 Å². The van der Waals surface area contributed by atoms with Crippen LogP contribution in [0, 0.1) is 12.9 Å². The van der Waals surface area contributed by atoms with Crippen molar-refractivity contribution < 1.29 is 14.4 Å². The fraction of sp³-hybridized carbons (Fsp3) is 0.125. The van der Waals surface area contributed by atoms with Gasteiger partial charge < -0.3 is 10.1 Å². The Morgan fingerprint density at radius 1 is 1.55 bits per heavy atom. The summed E-state index contributed by atoms with van der Waals surface area (Å²) in [5, 5.41) is 1.59. The van der Waals surface area contributed by atoms with Crippen molar-refractivity contribution in [3.63, 3.8) is 0 Å². The van der Waals surface area contributed by atoms with Gasteiger partial charge in [0.2, 0.25) is 0 Å². The molecule has 60 valence electrons. The zero-order valence-corrected chi connectivity index (χ0v) is 6.30. The summed E-state index contributed by atoms with van der Waals surface area (Å²) in [5.74, 6) is -0.0968. The number of benzene rings is 1. The van der Waals surface area contributed by atoms with E-state index < -0.39 is 0 Å². The molecule has 0 saturated heterocycles. The summed E-state index contributed by atoms with van der Waals surface area (Å²) in [4.78, 5) is 0. The second kappa shape index (κ2) is 3.34. The molecule has 0 aliphatic heterocycles. The number of nitrogens with two attached hydrogens (primary N) is 1. The van der Waals surface area contributed by atoms with E-state index in [1.54, 1.807) is 17.4 Å². The van der Waals surface area contributed by atoms with Crippen LogP contribution in [0.1, 0.15) is 0 Å². The molecule has 0 bridgehead atoms. The molecule has 0 fully saturated rings. The summed E-state index contributed by atoms with van der Waals surface area (Å²) < 4.78 is 17.6. The van der Waals surface area contributed by atoms with Crippen molar-refractivity contribution in [1.29, 1.82) is 0 Å². The van der Waals surface area contributed by atoms with Crippen LogP contribution in [0.3, 0.4) is 0 Å². The summed E-state index contributed by atoms with van der Waals surface area (Å²) in [5.41, 5.74) is 0.753. The van der Waals surface area contributed by atoms with Crippen LogP contribution in [0.4, 0.5) is 10.1 Å². The van der Waals surface area contributed by atoms with E-state index in [1.807, 2.05) is 0 Å². The van der Waals surface area contributed by atoms with Gasteiger partial charge in [0.15, 0.2) is 11.6 Å². The number of rotatable bonds is 2. The molecule has 11 heavy (non-hydrogen) atoms. The van der Waals surface area contributed by atoms with Gasteiger partial charge in [0.25, 0.3) is 0 Å². The predicted molar refractivity (Wildman–Crippen MR) is 39.9 cm³/mol. The summed E-state index contributed by atoms with van der Waals surface area (Å²) >= 11 is 0. The minimum Gasteiger partial charge on any atom is -0.494 e. The third kappa shape index (κ3) is 1.68. The van der Waals surface area contributed by atoms with Gasteiger partial charge in [-0.25, -0.2) is 4.39 Å². The first-order valence-corrected chi connectivity index (χ1v) is 3.24. The van der Waals surface area contributed by atoms with Gasteiger partial charge in [0, 0.05) is 12.1 Å². The molecule has 0 radical (unpaired) electrons. The number of quaternary nitrogens is 1. The van der Waals surface area contributed by atoms with Crippen LogP contribution >= 0.6 is 0 Å². The molecule has 1 aromatic carbocycles. The summed E-state index contributed by atoms with van der Waals surface area (Å²) in [6, 6.07) is 4.70. The highest BCUT2D eigenvalue weighted by Crippen LogP contribution is 2.17. The van der Waals surface area contributed by atoms with E-state index in [2.05, 4.69) is 7.05 Å². The van der Waals surface area contributed by atoms with E-state index in [-0.39, 0.29) is 11.6 Å². The Kier molecular flexibility index (Phi) is 2.44. The molecule has 2 nitrogen and oxygen atoms in total. The molecule has 0 aromatic heterocycles. The molecule has 1 aromatic rings. The first-order chi connectivity index (χ1) is 5.27. The maximum absolute atomic E-state index is 12.9. The van der Waals surface area contributed by atoms with Crippen LogP contribution in [0.25, 0.3) is 0 Å². The molecule has 0 heterocycles. The van der Waals surface area contributed by atoms with Gasteiger partial charge in [0.05, 0.1) is 7.11 Å². The van der Waals surface area contributed by atoms with Crippen LogP contribution in [0.5, 0.6) is 5.75 Å². The fourth-order valence-electron chi connectivity index (χ4n) is 0.810. The van der Waals surface area contributed by atoms with E-state index in [0.29, 0.717) is 0 Å². The first-order valence-electron chi connectivity index (χ1n) is 3.24. The molecular weight excluding hydrogens is 145 g/mol. The largest absolute Gasteiger partial charge is 0.494 e. The van der Waals surface area contributed by atoms with Gasteiger partial charge in [-0.3, -0.25) is 0 Å². The van der Waals surface area contributed by atoms with Crippen LogP contribution in [0.2, 0.25) is 0 Å². The summed E-state index contributed by atoms with van der Waals surface area (Å²) in [6.07, 6.45) is 0. The van der Waals surface area contributed by atoms with Crippen molar-refractivity contribution in [3.05, 3.63) is 31.1 Å². The molecule has 0 saturated carbocycles. The van der Waals surface area contributed by atoms with E-state index >= 15 is 0 Å². The second-order valence-corrected chi connectivity index (χ2v) is 2.10. The van der Waals surface area contributed by atoms with Gasteiger partial charge in [0.1, 0.15) is 5.69 Å². The van der Waals surface area contributed by atoms with Crippen molar-refractivity contribution in [2.75, 3.05) is 7.11 Å². The molecule has 1 rings (SSSR count). The minimum absolute atomic E-state index is 0.260. The van der Waals surface area contributed by atoms with Gasteiger partial charge in [-0.05, 0) is 6.07 Å². The Hall–Kier alpha value is -1.09. The zero-order valence-electron chi connectivity index (χ0n) is 6.30. The van der Waals surface area contributed by atoms with Gasteiger partial charge in [-0.15, -0.1) is 7.05 Å². The maximum Gasteiger partial charge on any atom is 0.170 e. The van der Waals surface area contributed by atoms with Crippen molar-refractivity contribution >= 4 is 5.69 Å². The summed E-state index contributed by atoms with van der Waals surface area (Å²) in [6.45, 7) is 0. The Morgan fingerprint density at radius 3 is 2.73 bits per heavy atom. The molecule has 2 N–H and O–H groups in total. The van der Waals surface area contributed by atoms with E-state index in [9.17, 15) is 4.39 Å². The Balaban J connectivity index is 2.99. The first kappa shape index (κ1) is 8.01. The molecule has 0 aliphatic rings. The average molecular weight is 155 g/mol. The van der Waals surface area contributed by atoms with Gasteiger partial charge in [-0.2, -0.15) is 0 Å². The molecular formula is C8H10FNO. The Morgan fingerprint density at radius 2 is 2.27 bits per heavy atom. The molecule has 3 heteroatoms. The van der Waals surface area contributed by atoms with Crippen LogP contribution in [0.15, 0.2) is 18.2 Å². The molecule has 0 unspecified atom stereocenters. The SMILES string of the molecule is [CH2-][NH2+]c1ccc(OC)c(F)c1. The lowest BCUT2D eigenvalue weighted by Gasteiger charge is -2.02. The number of methoxy groups -OCH3 is 1. The van der Waals surface area contributed by atoms with Crippen molar-refractivity contribution in [2.24, 2.45) is 0 Å². The molecule has 0 aliphatic carbocycles. The lowest BCUT2D eigenvalue weighted by atomic mass is 10.3. The highest BCUT2D eigenvalue weighted by Gasteiger charge is 2.02. The molecule has 0 amide bonds. The maximum atomic E-state index is 12.9. The highest BCUT2D eigenvalue weighted by atomic mass is 19.1. The fourth-order valence-corrected chi connectivity index (χ4v) is 0.810. The van der Waals surface area contributed by atoms with Crippen molar-refractivity contribution in [3.8, 4) is 5.75 Å². The minimum atomic E-state index is -0.357. The van der Waals surface area contributed by atoms with E-state index in [1.165, 1.54) is 13.2 Å². The lowest BCUT2D eigenvalue weighted by molar-refractivity contribution is -0.504. The Labute approximate surface area is 65.0 Å². The number of ether oxygens (including phenoxy) is 1. The topological polar surface area (TPSA) is 25.8 Å². The second-order valence-electron chi connectivity index (χ2n) is 2.10. The van der Waals surface area contributed by atoms with Crippen molar-refractivity contribution in [1.82, 2.24) is 0 Å². The van der Waals surface area contributed by atoms with Crippen LogP contribution in [-0.2, 0) is 0 Å². The highest BCUT2D eigenvalue weighted by molar-refractivity contribution is 5.36. The number of hydrogen-bond donors (Lipinski definition) is 1. The third-order valence-electron chi connectivity index (χ3n) is 1.41.